The quantitative estimate of drug-likeness (QED) is 0.726. The Morgan fingerprint density at radius 1 is 1.33 bits per heavy atom. The average Bonchev–Trinajstić information content (AvgIpc) is 2.97. The van der Waals surface area contributed by atoms with Crippen molar-refractivity contribution < 1.29 is 4.74 Å². The molecule has 0 aromatic carbocycles. The van der Waals surface area contributed by atoms with Crippen molar-refractivity contribution in [1.82, 2.24) is 29.6 Å². The number of aromatic nitrogens is 5. The molecule has 3 aromatic heterocycles. The molecule has 3 rings (SSSR count). The highest BCUT2D eigenvalue weighted by atomic mass is 16.5. The third kappa shape index (κ3) is 3.49. The normalized spacial score (nSPS) is 11.0. The third-order valence-corrected chi connectivity index (χ3v) is 3.39. The Labute approximate surface area is 138 Å². The summed E-state index contributed by atoms with van der Waals surface area (Å²) >= 11 is 0. The van der Waals surface area contributed by atoms with E-state index in [4.69, 9.17) is 4.74 Å². The Morgan fingerprint density at radius 3 is 2.96 bits per heavy atom. The SMILES string of the molecule is CN(C)CCOc1cc(-n2[nH]cc(-c3cccnc3)c2=O)ncn1. The summed E-state index contributed by atoms with van der Waals surface area (Å²) in [6.45, 7) is 1.27. The minimum Gasteiger partial charge on any atom is -0.476 e. The molecule has 3 aromatic rings. The highest BCUT2D eigenvalue weighted by Gasteiger charge is 2.11. The van der Waals surface area contributed by atoms with Gasteiger partial charge in [0.15, 0.2) is 5.82 Å². The predicted molar refractivity (Wildman–Crippen MR) is 89.3 cm³/mol. The van der Waals surface area contributed by atoms with Crippen LogP contribution in [0.5, 0.6) is 5.88 Å². The molecule has 0 atom stereocenters. The van der Waals surface area contributed by atoms with Crippen LogP contribution in [0, 0.1) is 0 Å². The van der Waals surface area contributed by atoms with Crippen LogP contribution < -0.4 is 10.3 Å². The summed E-state index contributed by atoms with van der Waals surface area (Å²) in [6.07, 6.45) is 6.31. The van der Waals surface area contributed by atoms with Crippen LogP contribution in [0.2, 0.25) is 0 Å². The molecule has 0 radical (unpaired) electrons. The summed E-state index contributed by atoms with van der Waals surface area (Å²) in [5.74, 6) is 0.844. The fourth-order valence-corrected chi connectivity index (χ4v) is 2.13. The van der Waals surface area contributed by atoms with Crippen molar-refractivity contribution >= 4 is 0 Å². The summed E-state index contributed by atoms with van der Waals surface area (Å²) in [5.41, 5.74) is 1.06. The first kappa shape index (κ1) is 15.9. The number of hydrogen-bond donors (Lipinski definition) is 1. The van der Waals surface area contributed by atoms with Gasteiger partial charge in [0.05, 0.1) is 5.56 Å². The molecular formula is C16H18N6O2. The summed E-state index contributed by atoms with van der Waals surface area (Å²) < 4.78 is 6.93. The van der Waals surface area contributed by atoms with E-state index in [1.165, 1.54) is 11.0 Å². The van der Waals surface area contributed by atoms with Gasteiger partial charge < -0.3 is 9.64 Å². The lowest BCUT2D eigenvalue weighted by Gasteiger charge is -2.10. The van der Waals surface area contributed by atoms with Crippen molar-refractivity contribution in [3.63, 3.8) is 0 Å². The van der Waals surface area contributed by atoms with Gasteiger partial charge in [-0.15, -0.1) is 0 Å². The van der Waals surface area contributed by atoms with Gasteiger partial charge in [0.1, 0.15) is 12.9 Å². The van der Waals surface area contributed by atoms with Crippen molar-refractivity contribution in [2.45, 2.75) is 0 Å². The van der Waals surface area contributed by atoms with E-state index >= 15 is 0 Å². The van der Waals surface area contributed by atoms with E-state index in [2.05, 4.69) is 20.1 Å². The molecule has 0 amide bonds. The summed E-state index contributed by atoms with van der Waals surface area (Å²) in [7, 11) is 3.93. The Morgan fingerprint density at radius 2 is 2.21 bits per heavy atom. The van der Waals surface area contributed by atoms with Crippen molar-refractivity contribution in [2.24, 2.45) is 0 Å². The lowest BCUT2D eigenvalue weighted by atomic mass is 10.2. The maximum Gasteiger partial charge on any atom is 0.280 e. The van der Waals surface area contributed by atoms with Gasteiger partial charge in [0.25, 0.3) is 5.56 Å². The molecule has 0 aliphatic heterocycles. The van der Waals surface area contributed by atoms with Gasteiger partial charge in [-0.05, 0) is 20.2 Å². The van der Waals surface area contributed by atoms with E-state index in [0.29, 0.717) is 23.9 Å². The van der Waals surface area contributed by atoms with Crippen molar-refractivity contribution in [3.8, 4) is 22.8 Å². The second kappa shape index (κ2) is 7.05. The molecule has 0 unspecified atom stereocenters. The van der Waals surface area contributed by atoms with Crippen LogP contribution in [0.15, 0.2) is 47.9 Å². The molecule has 3 heterocycles. The van der Waals surface area contributed by atoms with Crippen molar-refractivity contribution in [2.75, 3.05) is 27.2 Å². The number of ether oxygens (including phenoxy) is 1. The molecule has 24 heavy (non-hydrogen) atoms. The number of pyridine rings is 1. The molecule has 0 aliphatic rings. The Hall–Kier alpha value is -3.00. The van der Waals surface area contributed by atoms with Crippen LogP contribution in [0.1, 0.15) is 0 Å². The van der Waals surface area contributed by atoms with E-state index in [1.807, 2.05) is 25.1 Å². The van der Waals surface area contributed by atoms with E-state index in [-0.39, 0.29) is 5.56 Å². The molecule has 0 fully saturated rings. The van der Waals surface area contributed by atoms with Crippen LogP contribution in [-0.2, 0) is 0 Å². The van der Waals surface area contributed by atoms with Gasteiger partial charge in [0.2, 0.25) is 5.88 Å². The number of hydrogen-bond acceptors (Lipinski definition) is 6. The number of nitrogens with one attached hydrogen (secondary N) is 1. The van der Waals surface area contributed by atoms with Gasteiger partial charge >= 0.3 is 0 Å². The first-order valence-corrected chi connectivity index (χ1v) is 7.46. The fraction of sp³-hybridized carbons (Fsp3) is 0.250. The minimum atomic E-state index is -0.207. The molecule has 0 saturated carbocycles. The molecule has 0 saturated heterocycles. The van der Waals surface area contributed by atoms with Crippen molar-refractivity contribution in [3.05, 3.63) is 53.5 Å². The van der Waals surface area contributed by atoms with E-state index in [9.17, 15) is 4.79 Å². The Kier molecular flexibility index (Phi) is 4.66. The average molecular weight is 326 g/mol. The number of rotatable bonds is 6. The van der Waals surface area contributed by atoms with Crippen LogP contribution in [0.3, 0.4) is 0 Å². The van der Waals surface area contributed by atoms with Crippen LogP contribution in [-0.4, -0.2) is 56.9 Å². The van der Waals surface area contributed by atoms with Gasteiger partial charge in [-0.25, -0.2) is 14.6 Å². The van der Waals surface area contributed by atoms with E-state index in [0.717, 1.165) is 12.1 Å². The van der Waals surface area contributed by atoms with Crippen molar-refractivity contribution in [1.29, 1.82) is 0 Å². The van der Waals surface area contributed by atoms with E-state index in [1.54, 1.807) is 30.7 Å². The number of nitrogens with zero attached hydrogens (tertiary/aromatic N) is 5. The molecule has 0 bridgehead atoms. The van der Waals surface area contributed by atoms with Gasteiger partial charge in [0, 0.05) is 36.8 Å². The first-order chi connectivity index (χ1) is 11.6. The molecule has 8 nitrogen and oxygen atoms in total. The second-order valence-electron chi connectivity index (χ2n) is 5.44. The van der Waals surface area contributed by atoms with Gasteiger partial charge in [-0.2, -0.15) is 0 Å². The molecule has 0 aliphatic carbocycles. The lowest BCUT2D eigenvalue weighted by molar-refractivity contribution is 0.253. The largest absolute Gasteiger partial charge is 0.476 e. The van der Waals surface area contributed by atoms with Crippen LogP contribution >= 0.6 is 0 Å². The number of aromatic amines is 1. The molecular weight excluding hydrogens is 308 g/mol. The zero-order valence-electron chi connectivity index (χ0n) is 13.5. The predicted octanol–water partition coefficient (Wildman–Crippen LogP) is 0.958. The zero-order valence-corrected chi connectivity index (χ0v) is 13.5. The topological polar surface area (TPSA) is 88.9 Å². The lowest BCUT2D eigenvalue weighted by Crippen LogP contribution is -2.20. The Balaban J connectivity index is 1.85. The van der Waals surface area contributed by atoms with Gasteiger partial charge in [-0.3, -0.25) is 14.9 Å². The van der Waals surface area contributed by atoms with Crippen LogP contribution in [0.4, 0.5) is 0 Å². The molecule has 124 valence electrons. The third-order valence-electron chi connectivity index (χ3n) is 3.39. The Bertz CT molecular complexity index is 856. The molecule has 8 heteroatoms. The smallest absolute Gasteiger partial charge is 0.280 e. The molecule has 0 spiro atoms. The van der Waals surface area contributed by atoms with E-state index < -0.39 is 0 Å². The maximum absolute atomic E-state index is 12.6. The number of H-pyrrole nitrogens is 1. The summed E-state index contributed by atoms with van der Waals surface area (Å²) in [4.78, 5) is 26.8. The highest BCUT2D eigenvalue weighted by molar-refractivity contribution is 5.60. The zero-order chi connectivity index (χ0) is 16.9. The highest BCUT2D eigenvalue weighted by Crippen LogP contribution is 2.14. The van der Waals surface area contributed by atoms with Crippen LogP contribution in [0.25, 0.3) is 16.9 Å². The summed E-state index contributed by atoms with van der Waals surface area (Å²) in [5, 5.41) is 2.91. The molecule has 1 N–H and O–H groups in total. The second-order valence-corrected chi connectivity index (χ2v) is 5.44. The maximum atomic E-state index is 12.6. The monoisotopic (exact) mass is 326 g/mol. The first-order valence-electron chi connectivity index (χ1n) is 7.46. The summed E-state index contributed by atoms with van der Waals surface area (Å²) in [6, 6.07) is 5.24. The fourth-order valence-electron chi connectivity index (χ4n) is 2.13. The number of likely N-dealkylation sites (N-methyl/N-ethyl adjacent to an activating group) is 1. The van der Waals surface area contributed by atoms with Gasteiger partial charge in [-0.1, -0.05) is 6.07 Å². The standard InChI is InChI=1S/C16H18N6O2/c1-21(2)6-7-24-15-8-14(18-11-19-15)22-16(23)13(10-20-22)12-4-3-5-17-9-12/h3-5,8-11,20H,6-7H2,1-2H3. The minimum absolute atomic E-state index is 0.207.